The first-order valence-corrected chi connectivity index (χ1v) is 8.15. The Hall–Kier alpha value is -0.690. The molecule has 1 aliphatic rings. The van der Waals surface area contributed by atoms with Crippen molar-refractivity contribution in [1.29, 1.82) is 0 Å². The predicted molar refractivity (Wildman–Crippen MR) is 72.2 cm³/mol. The number of hydrogen-bond acceptors (Lipinski definition) is 4. The smallest absolute Gasteiger partial charge is 0.252 e. The second-order valence-electron chi connectivity index (χ2n) is 4.37. The zero-order chi connectivity index (χ0) is 13.2. The van der Waals surface area contributed by atoms with E-state index in [1.807, 2.05) is 6.92 Å². The number of nitrogens with zero attached hydrogens (tertiary/aromatic N) is 1. The average Bonchev–Trinajstić information content (AvgIpc) is 2.79. The Balaban J connectivity index is 2.22. The molecule has 0 spiro atoms. The summed E-state index contributed by atoms with van der Waals surface area (Å²) in [6, 6.07) is 3.42. The number of rotatable bonds is 4. The normalized spacial score (nSPS) is 17.8. The van der Waals surface area contributed by atoms with Crippen LogP contribution in [0.5, 0.6) is 0 Å². The van der Waals surface area contributed by atoms with Crippen LogP contribution >= 0.6 is 11.3 Å². The van der Waals surface area contributed by atoms with Gasteiger partial charge in [0.05, 0.1) is 0 Å². The van der Waals surface area contributed by atoms with Gasteiger partial charge in [0.15, 0.2) is 0 Å². The zero-order valence-corrected chi connectivity index (χ0v) is 11.9. The largest absolute Gasteiger partial charge is 0.396 e. The Morgan fingerprint density at radius 1 is 1.44 bits per heavy atom. The molecule has 4 nitrogen and oxygen atoms in total. The second-order valence-corrected chi connectivity index (χ2v) is 7.71. The fraction of sp³-hybridized carbons (Fsp3) is 0.500. The molecule has 100 valence electrons. The third-order valence-corrected chi connectivity index (χ3v) is 6.34. The fourth-order valence-electron chi connectivity index (χ4n) is 1.95. The maximum Gasteiger partial charge on any atom is 0.252 e. The first-order chi connectivity index (χ1) is 8.54. The first kappa shape index (κ1) is 13.7. The molecule has 1 aromatic heterocycles. The quantitative estimate of drug-likeness (QED) is 0.856. The monoisotopic (exact) mass is 287 g/mol. The van der Waals surface area contributed by atoms with E-state index < -0.39 is 10.0 Å². The van der Waals surface area contributed by atoms with Crippen molar-refractivity contribution in [2.75, 3.05) is 19.7 Å². The van der Waals surface area contributed by atoms with Crippen LogP contribution in [-0.4, -0.2) is 37.5 Å². The minimum absolute atomic E-state index is 0.0472. The van der Waals surface area contributed by atoms with Crippen LogP contribution in [0.2, 0.25) is 0 Å². The summed E-state index contributed by atoms with van der Waals surface area (Å²) < 4.78 is 26.7. The van der Waals surface area contributed by atoms with Gasteiger partial charge in [0.1, 0.15) is 4.21 Å². The van der Waals surface area contributed by atoms with Crippen LogP contribution in [0.4, 0.5) is 0 Å². The molecular weight excluding hydrogens is 270 g/mol. The molecule has 0 aromatic carbocycles. The van der Waals surface area contributed by atoms with E-state index in [0.717, 1.165) is 16.9 Å². The Bertz CT molecular complexity index is 545. The Morgan fingerprint density at radius 2 is 2.22 bits per heavy atom. The lowest BCUT2D eigenvalue weighted by atomic mass is 10.2. The summed E-state index contributed by atoms with van der Waals surface area (Å²) in [5, 5.41) is 8.85. The lowest BCUT2D eigenvalue weighted by Gasteiger charge is -2.24. The third-order valence-electron chi connectivity index (χ3n) is 2.89. The van der Waals surface area contributed by atoms with Crippen molar-refractivity contribution in [2.24, 2.45) is 0 Å². The Labute approximate surface area is 112 Å². The fourth-order valence-corrected chi connectivity index (χ4v) is 4.95. The summed E-state index contributed by atoms with van der Waals surface area (Å²) in [5.41, 5.74) is 1.09. The van der Waals surface area contributed by atoms with Crippen LogP contribution in [0.25, 0.3) is 0 Å². The molecule has 0 amide bonds. The molecule has 18 heavy (non-hydrogen) atoms. The molecule has 0 radical (unpaired) electrons. The summed E-state index contributed by atoms with van der Waals surface area (Å²) in [7, 11) is -3.36. The lowest BCUT2D eigenvalue weighted by Crippen LogP contribution is -2.34. The summed E-state index contributed by atoms with van der Waals surface area (Å²) in [6.07, 6.45) is 3.37. The molecule has 0 unspecified atom stereocenters. The van der Waals surface area contributed by atoms with Crippen LogP contribution in [0.15, 0.2) is 28.0 Å². The van der Waals surface area contributed by atoms with Gasteiger partial charge in [0.25, 0.3) is 10.0 Å². The molecule has 0 aliphatic carbocycles. The second kappa shape index (κ2) is 5.52. The lowest BCUT2D eigenvalue weighted by molar-refractivity contribution is 0.300. The van der Waals surface area contributed by atoms with Crippen LogP contribution in [-0.2, 0) is 16.4 Å². The average molecular weight is 287 g/mol. The van der Waals surface area contributed by atoms with Gasteiger partial charge in [-0.1, -0.05) is 11.6 Å². The van der Waals surface area contributed by atoms with E-state index >= 15 is 0 Å². The molecule has 0 saturated heterocycles. The van der Waals surface area contributed by atoms with Crippen LogP contribution in [0.3, 0.4) is 0 Å². The van der Waals surface area contributed by atoms with Crippen molar-refractivity contribution >= 4 is 21.4 Å². The number of sulfonamides is 1. The van der Waals surface area contributed by atoms with E-state index in [1.165, 1.54) is 15.6 Å². The molecule has 0 bridgehead atoms. The van der Waals surface area contributed by atoms with Gasteiger partial charge in [0.2, 0.25) is 0 Å². The highest BCUT2D eigenvalue weighted by Crippen LogP contribution is 2.27. The molecule has 2 heterocycles. The van der Waals surface area contributed by atoms with Crippen LogP contribution in [0.1, 0.15) is 18.2 Å². The van der Waals surface area contributed by atoms with E-state index in [1.54, 1.807) is 12.1 Å². The molecule has 2 rings (SSSR count). The zero-order valence-electron chi connectivity index (χ0n) is 10.3. The molecule has 0 fully saturated rings. The van der Waals surface area contributed by atoms with E-state index in [2.05, 4.69) is 6.08 Å². The Morgan fingerprint density at radius 3 is 2.89 bits per heavy atom. The van der Waals surface area contributed by atoms with Gasteiger partial charge in [-0.2, -0.15) is 4.31 Å². The maximum absolute atomic E-state index is 12.4. The van der Waals surface area contributed by atoms with Gasteiger partial charge >= 0.3 is 0 Å². The summed E-state index contributed by atoms with van der Waals surface area (Å²) in [5.74, 6) is 0. The van der Waals surface area contributed by atoms with Crippen LogP contribution < -0.4 is 0 Å². The molecular formula is C12H17NO3S2. The molecule has 0 saturated carbocycles. The van der Waals surface area contributed by atoms with Gasteiger partial charge in [-0.15, -0.1) is 11.3 Å². The van der Waals surface area contributed by atoms with Crippen molar-refractivity contribution < 1.29 is 13.5 Å². The highest BCUT2D eigenvalue weighted by Gasteiger charge is 2.27. The predicted octanol–water partition coefficient (Wildman–Crippen LogP) is 1.62. The summed E-state index contributed by atoms with van der Waals surface area (Å²) >= 11 is 1.25. The van der Waals surface area contributed by atoms with Crippen LogP contribution in [0, 0.1) is 0 Å². The molecule has 0 atom stereocenters. The van der Waals surface area contributed by atoms with Gasteiger partial charge in [0, 0.05) is 31.0 Å². The molecule has 1 aliphatic heterocycles. The van der Waals surface area contributed by atoms with Crippen molar-refractivity contribution in [3.8, 4) is 0 Å². The van der Waals surface area contributed by atoms with E-state index in [0.29, 0.717) is 23.7 Å². The third kappa shape index (κ3) is 2.83. The van der Waals surface area contributed by atoms with Gasteiger partial charge in [-0.25, -0.2) is 8.42 Å². The Kier molecular flexibility index (Phi) is 4.21. The van der Waals surface area contributed by atoms with Gasteiger partial charge in [-0.05, 0) is 25.5 Å². The van der Waals surface area contributed by atoms with E-state index in [-0.39, 0.29) is 6.61 Å². The van der Waals surface area contributed by atoms with Crippen molar-refractivity contribution in [3.63, 3.8) is 0 Å². The molecule has 6 heteroatoms. The SMILES string of the molecule is CC1=CCCN(S(=O)(=O)c2ccc(CCO)s2)C1. The first-order valence-electron chi connectivity index (χ1n) is 5.89. The molecule has 1 N–H and O–H groups in total. The summed E-state index contributed by atoms with van der Waals surface area (Å²) in [6.45, 7) is 3.03. The number of thiophene rings is 1. The van der Waals surface area contributed by atoms with Crippen molar-refractivity contribution in [1.82, 2.24) is 4.31 Å². The van der Waals surface area contributed by atoms with Crippen molar-refractivity contribution in [3.05, 3.63) is 28.7 Å². The van der Waals surface area contributed by atoms with Crippen molar-refractivity contribution in [2.45, 2.75) is 24.0 Å². The highest BCUT2D eigenvalue weighted by molar-refractivity contribution is 7.91. The van der Waals surface area contributed by atoms with Gasteiger partial charge < -0.3 is 5.11 Å². The van der Waals surface area contributed by atoms with E-state index in [4.69, 9.17) is 5.11 Å². The number of hydrogen-bond donors (Lipinski definition) is 1. The minimum atomic E-state index is -3.36. The minimum Gasteiger partial charge on any atom is -0.396 e. The van der Waals surface area contributed by atoms with E-state index in [9.17, 15) is 8.42 Å². The maximum atomic E-state index is 12.4. The topological polar surface area (TPSA) is 57.6 Å². The standard InChI is InChI=1S/C12H17NO3S2/c1-10-3-2-7-13(9-10)18(15,16)12-5-4-11(17-12)6-8-14/h3-5,14H,2,6-9H2,1H3. The summed E-state index contributed by atoms with van der Waals surface area (Å²) in [4.78, 5) is 0.903. The van der Waals surface area contributed by atoms with Gasteiger partial charge in [-0.3, -0.25) is 0 Å². The number of aliphatic hydroxyl groups excluding tert-OH is 1. The number of aliphatic hydroxyl groups is 1. The highest BCUT2D eigenvalue weighted by atomic mass is 32.2. The molecule has 1 aromatic rings.